The van der Waals surface area contributed by atoms with E-state index in [2.05, 4.69) is 10.6 Å². The Labute approximate surface area is 118 Å². The number of benzene rings is 1. The Bertz CT molecular complexity index is 514. The van der Waals surface area contributed by atoms with Crippen molar-refractivity contribution in [2.24, 2.45) is 5.92 Å². The summed E-state index contributed by atoms with van der Waals surface area (Å²) in [5.74, 6) is -0.722. The monoisotopic (exact) mass is 276 g/mol. The first-order chi connectivity index (χ1) is 9.49. The first-order valence-corrected chi connectivity index (χ1v) is 6.83. The molecule has 1 aliphatic heterocycles. The summed E-state index contributed by atoms with van der Waals surface area (Å²) in [5, 5.41) is 15.1. The Kier molecular flexibility index (Phi) is 4.39. The lowest BCUT2D eigenvalue weighted by molar-refractivity contribution is -0.125. The number of rotatable bonds is 5. The van der Waals surface area contributed by atoms with Crippen LogP contribution in [-0.2, 0) is 9.59 Å². The van der Waals surface area contributed by atoms with E-state index >= 15 is 0 Å². The third kappa shape index (κ3) is 3.17. The lowest BCUT2D eigenvalue weighted by Crippen LogP contribution is -2.35. The largest absolute Gasteiger partial charge is 0.391 e. The van der Waals surface area contributed by atoms with Crippen molar-refractivity contribution in [1.29, 1.82) is 0 Å². The number of hydrogen-bond donors (Lipinski definition) is 3. The minimum atomic E-state index is -0.566. The highest BCUT2D eigenvalue weighted by Crippen LogP contribution is 2.34. The van der Waals surface area contributed by atoms with Crippen LogP contribution in [0.5, 0.6) is 0 Å². The molecule has 2 rings (SSSR count). The molecule has 108 valence electrons. The van der Waals surface area contributed by atoms with Gasteiger partial charge in [-0.3, -0.25) is 9.59 Å². The SMILES string of the molecule is CC(C)C(O)CNC(=O)CC1C(=O)Nc2ccccc21. The highest BCUT2D eigenvalue weighted by molar-refractivity contribution is 6.04. The van der Waals surface area contributed by atoms with E-state index in [0.29, 0.717) is 0 Å². The van der Waals surface area contributed by atoms with Gasteiger partial charge in [0.25, 0.3) is 0 Å². The molecule has 3 N–H and O–H groups in total. The molecule has 0 aliphatic carbocycles. The highest BCUT2D eigenvalue weighted by atomic mass is 16.3. The second kappa shape index (κ2) is 6.05. The number of amides is 2. The summed E-state index contributed by atoms with van der Waals surface area (Å²) in [6.07, 6.45) is -0.461. The van der Waals surface area contributed by atoms with Crippen LogP contribution >= 0.6 is 0 Å². The van der Waals surface area contributed by atoms with Gasteiger partial charge in [-0.1, -0.05) is 32.0 Å². The van der Waals surface area contributed by atoms with Gasteiger partial charge in [0.15, 0.2) is 0 Å². The van der Waals surface area contributed by atoms with E-state index in [4.69, 9.17) is 0 Å². The average molecular weight is 276 g/mol. The predicted molar refractivity (Wildman–Crippen MR) is 76.3 cm³/mol. The number of anilines is 1. The number of hydrogen-bond acceptors (Lipinski definition) is 3. The number of nitrogens with one attached hydrogen (secondary N) is 2. The average Bonchev–Trinajstić information content (AvgIpc) is 2.72. The highest BCUT2D eigenvalue weighted by Gasteiger charge is 2.31. The molecule has 5 nitrogen and oxygen atoms in total. The van der Waals surface area contributed by atoms with Crippen molar-refractivity contribution in [2.45, 2.75) is 32.3 Å². The number of aliphatic hydroxyl groups excluding tert-OH is 1. The van der Waals surface area contributed by atoms with Crippen molar-refractivity contribution in [3.05, 3.63) is 29.8 Å². The lowest BCUT2D eigenvalue weighted by atomic mass is 9.97. The third-order valence-corrected chi connectivity index (χ3v) is 3.58. The van der Waals surface area contributed by atoms with Crippen molar-refractivity contribution < 1.29 is 14.7 Å². The van der Waals surface area contributed by atoms with Crippen molar-refractivity contribution in [1.82, 2.24) is 5.32 Å². The maximum atomic E-state index is 11.9. The Morgan fingerprint density at radius 2 is 2.10 bits per heavy atom. The van der Waals surface area contributed by atoms with Gasteiger partial charge < -0.3 is 15.7 Å². The van der Waals surface area contributed by atoms with Crippen molar-refractivity contribution >= 4 is 17.5 Å². The summed E-state index contributed by atoms with van der Waals surface area (Å²) in [6.45, 7) is 3.99. The van der Waals surface area contributed by atoms with E-state index in [0.717, 1.165) is 11.3 Å². The third-order valence-electron chi connectivity index (χ3n) is 3.58. The zero-order valence-electron chi connectivity index (χ0n) is 11.7. The van der Waals surface area contributed by atoms with E-state index in [-0.39, 0.29) is 30.7 Å². The molecule has 0 radical (unpaired) electrons. The summed E-state index contributed by atoms with van der Waals surface area (Å²) < 4.78 is 0. The van der Waals surface area contributed by atoms with Gasteiger partial charge in [-0.05, 0) is 17.5 Å². The Hall–Kier alpha value is -1.88. The quantitative estimate of drug-likeness (QED) is 0.757. The number of carbonyl (C=O) groups excluding carboxylic acids is 2. The number of para-hydroxylation sites is 1. The lowest BCUT2D eigenvalue weighted by Gasteiger charge is -2.16. The fraction of sp³-hybridized carbons (Fsp3) is 0.467. The molecule has 5 heteroatoms. The van der Waals surface area contributed by atoms with Crippen molar-refractivity contribution in [2.75, 3.05) is 11.9 Å². The normalized spacial score (nSPS) is 18.6. The molecule has 2 atom stereocenters. The molecule has 1 heterocycles. The Morgan fingerprint density at radius 1 is 1.40 bits per heavy atom. The molecule has 20 heavy (non-hydrogen) atoms. The zero-order valence-corrected chi connectivity index (χ0v) is 11.7. The molecular weight excluding hydrogens is 256 g/mol. The van der Waals surface area contributed by atoms with Crippen molar-refractivity contribution in [3.8, 4) is 0 Å². The zero-order chi connectivity index (χ0) is 14.7. The molecule has 0 saturated heterocycles. The van der Waals surface area contributed by atoms with Gasteiger partial charge in [0, 0.05) is 18.7 Å². The second-order valence-electron chi connectivity index (χ2n) is 5.45. The van der Waals surface area contributed by atoms with Crippen LogP contribution in [0.15, 0.2) is 24.3 Å². The number of aliphatic hydroxyl groups is 1. The summed E-state index contributed by atoms with van der Waals surface area (Å²) in [7, 11) is 0. The van der Waals surface area contributed by atoms with Crippen LogP contribution in [0.2, 0.25) is 0 Å². The predicted octanol–water partition coefficient (Wildman–Crippen LogP) is 1.25. The maximum Gasteiger partial charge on any atom is 0.232 e. The molecule has 1 aromatic carbocycles. The van der Waals surface area contributed by atoms with Gasteiger partial charge in [0.05, 0.1) is 12.0 Å². The summed E-state index contributed by atoms with van der Waals surface area (Å²) in [4.78, 5) is 23.8. The van der Waals surface area contributed by atoms with Gasteiger partial charge in [-0.25, -0.2) is 0 Å². The van der Waals surface area contributed by atoms with Gasteiger partial charge in [-0.2, -0.15) is 0 Å². The van der Waals surface area contributed by atoms with Crippen LogP contribution in [0.25, 0.3) is 0 Å². The molecule has 1 aromatic rings. The minimum absolute atomic E-state index is 0.0887. The molecule has 2 amide bonds. The summed E-state index contributed by atoms with van der Waals surface area (Å²) in [6, 6.07) is 7.38. The van der Waals surface area contributed by atoms with Crippen molar-refractivity contribution in [3.63, 3.8) is 0 Å². The smallest absolute Gasteiger partial charge is 0.232 e. The standard InChI is InChI=1S/C15H20N2O3/c1-9(2)13(18)8-16-14(19)7-11-10-5-3-4-6-12(10)17-15(11)20/h3-6,9,11,13,18H,7-8H2,1-2H3,(H,16,19)(H,17,20). The Balaban J connectivity index is 1.93. The first-order valence-electron chi connectivity index (χ1n) is 6.83. The topological polar surface area (TPSA) is 78.4 Å². The molecule has 0 fully saturated rings. The van der Waals surface area contributed by atoms with E-state index in [1.54, 1.807) is 0 Å². The van der Waals surface area contributed by atoms with Gasteiger partial charge in [-0.15, -0.1) is 0 Å². The molecule has 1 aliphatic rings. The molecule has 0 aromatic heterocycles. The number of fused-ring (bicyclic) bond motifs is 1. The molecule has 0 bridgehead atoms. The van der Waals surface area contributed by atoms with E-state index in [1.165, 1.54) is 0 Å². The van der Waals surface area contributed by atoms with E-state index < -0.39 is 12.0 Å². The fourth-order valence-corrected chi connectivity index (χ4v) is 2.19. The van der Waals surface area contributed by atoms with Gasteiger partial charge in [0.2, 0.25) is 11.8 Å². The Morgan fingerprint density at radius 3 is 2.80 bits per heavy atom. The molecular formula is C15H20N2O3. The maximum absolute atomic E-state index is 11.9. The minimum Gasteiger partial charge on any atom is -0.391 e. The molecule has 0 saturated carbocycles. The van der Waals surface area contributed by atoms with Crippen LogP contribution in [0.3, 0.4) is 0 Å². The number of carbonyl (C=O) groups is 2. The van der Waals surface area contributed by atoms with Crippen LogP contribution in [0.4, 0.5) is 5.69 Å². The van der Waals surface area contributed by atoms with E-state index in [1.807, 2.05) is 38.1 Å². The van der Waals surface area contributed by atoms with E-state index in [9.17, 15) is 14.7 Å². The first kappa shape index (κ1) is 14.5. The van der Waals surface area contributed by atoms with Crippen LogP contribution < -0.4 is 10.6 Å². The van der Waals surface area contributed by atoms with Crippen LogP contribution in [0, 0.1) is 5.92 Å². The van der Waals surface area contributed by atoms with Crippen LogP contribution in [0.1, 0.15) is 31.7 Å². The molecule has 2 unspecified atom stereocenters. The van der Waals surface area contributed by atoms with Gasteiger partial charge in [0.1, 0.15) is 0 Å². The fourth-order valence-electron chi connectivity index (χ4n) is 2.19. The molecule has 0 spiro atoms. The van der Waals surface area contributed by atoms with Crippen LogP contribution in [-0.4, -0.2) is 29.6 Å². The van der Waals surface area contributed by atoms with Gasteiger partial charge >= 0.3 is 0 Å². The summed E-state index contributed by atoms with van der Waals surface area (Å²) in [5.41, 5.74) is 1.63. The summed E-state index contributed by atoms with van der Waals surface area (Å²) >= 11 is 0. The second-order valence-corrected chi connectivity index (χ2v) is 5.45.